The van der Waals surface area contributed by atoms with Gasteiger partial charge in [-0.05, 0) is 84.5 Å². The lowest BCUT2D eigenvalue weighted by Crippen LogP contribution is -2.34. The van der Waals surface area contributed by atoms with Crippen LogP contribution >= 0.6 is 27.3 Å². The van der Waals surface area contributed by atoms with Gasteiger partial charge in [-0.15, -0.1) is 11.3 Å². The SMILES string of the molecule is CC1CCC(CNC2CC2)C(Cc2ccc(Br)s2)C1. The first kappa shape index (κ1) is 14.1. The molecule has 2 fully saturated rings. The van der Waals surface area contributed by atoms with E-state index in [9.17, 15) is 0 Å². The lowest BCUT2D eigenvalue weighted by molar-refractivity contribution is 0.184. The topological polar surface area (TPSA) is 12.0 Å². The summed E-state index contributed by atoms with van der Waals surface area (Å²) in [6, 6.07) is 5.36. The number of halogens is 1. The van der Waals surface area contributed by atoms with E-state index in [1.807, 2.05) is 11.3 Å². The molecule has 0 spiro atoms. The molecule has 0 aromatic carbocycles. The van der Waals surface area contributed by atoms with E-state index >= 15 is 0 Å². The molecule has 3 atom stereocenters. The zero-order chi connectivity index (χ0) is 13.2. The first-order valence-corrected chi connectivity index (χ1v) is 9.29. The van der Waals surface area contributed by atoms with Gasteiger partial charge in [0.25, 0.3) is 0 Å². The fraction of sp³-hybridized carbons (Fsp3) is 0.750. The highest BCUT2D eigenvalue weighted by molar-refractivity contribution is 9.11. The van der Waals surface area contributed by atoms with Crippen LogP contribution in [0.15, 0.2) is 15.9 Å². The van der Waals surface area contributed by atoms with Gasteiger partial charge in [0.2, 0.25) is 0 Å². The maximum absolute atomic E-state index is 3.76. The third kappa shape index (κ3) is 4.05. The van der Waals surface area contributed by atoms with Crippen molar-refractivity contribution in [2.75, 3.05) is 6.54 Å². The van der Waals surface area contributed by atoms with Crippen molar-refractivity contribution in [3.63, 3.8) is 0 Å². The Hall–Kier alpha value is 0.140. The van der Waals surface area contributed by atoms with Crippen LogP contribution in [0.3, 0.4) is 0 Å². The molecule has 0 aliphatic heterocycles. The number of nitrogens with one attached hydrogen (secondary N) is 1. The summed E-state index contributed by atoms with van der Waals surface area (Å²) in [5, 5.41) is 3.76. The third-order valence-electron chi connectivity index (χ3n) is 4.74. The number of thiophene rings is 1. The first-order valence-electron chi connectivity index (χ1n) is 7.68. The molecule has 2 aliphatic rings. The maximum atomic E-state index is 3.76. The quantitative estimate of drug-likeness (QED) is 0.806. The van der Waals surface area contributed by atoms with Crippen LogP contribution in [0.1, 0.15) is 43.9 Å². The Bertz CT molecular complexity index is 413. The van der Waals surface area contributed by atoms with E-state index in [1.165, 1.54) is 48.9 Å². The number of hydrogen-bond acceptors (Lipinski definition) is 2. The molecule has 1 aromatic heterocycles. The van der Waals surface area contributed by atoms with E-state index in [2.05, 4.69) is 40.3 Å². The van der Waals surface area contributed by atoms with Gasteiger partial charge in [-0.1, -0.05) is 13.3 Å². The second-order valence-corrected chi connectivity index (χ2v) is 9.08. The summed E-state index contributed by atoms with van der Waals surface area (Å²) in [4.78, 5) is 1.56. The van der Waals surface area contributed by atoms with E-state index in [-0.39, 0.29) is 0 Å². The summed E-state index contributed by atoms with van der Waals surface area (Å²) in [7, 11) is 0. The molecule has 106 valence electrons. The summed E-state index contributed by atoms with van der Waals surface area (Å²) in [5.74, 6) is 2.71. The van der Waals surface area contributed by atoms with Crippen LogP contribution in [0, 0.1) is 17.8 Å². The van der Waals surface area contributed by atoms with E-state index in [1.54, 1.807) is 4.88 Å². The van der Waals surface area contributed by atoms with Gasteiger partial charge >= 0.3 is 0 Å². The highest BCUT2D eigenvalue weighted by Gasteiger charge is 2.30. The Labute approximate surface area is 129 Å². The molecule has 1 heterocycles. The zero-order valence-electron chi connectivity index (χ0n) is 11.7. The van der Waals surface area contributed by atoms with Crippen molar-refractivity contribution in [2.45, 2.75) is 51.5 Å². The Balaban J connectivity index is 1.59. The summed E-state index contributed by atoms with van der Waals surface area (Å²) < 4.78 is 1.28. The standard InChI is InChI=1S/C16H24BrNS/c1-11-2-3-12(10-18-14-4-5-14)13(8-11)9-15-6-7-16(17)19-15/h6-7,11-14,18H,2-5,8-10H2,1H3. The summed E-state index contributed by atoms with van der Waals surface area (Å²) >= 11 is 5.51. The van der Waals surface area contributed by atoms with Crippen LogP contribution in [0.25, 0.3) is 0 Å². The second kappa shape index (κ2) is 6.28. The van der Waals surface area contributed by atoms with Crippen LogP contribution in [-0.2, 0) is 6.42 Å². The average molecular weight is 342 g/mol. The Morgan fingerprint density at radius 3 is 2.74 bits per heavy atom. The minimum Gasteiger partial charge on any atom is -0.314 e. The predicted molar refractivity (Wildman–Crippen MR) is 86.7 cm³/mol. The van der Waals surface area contributed by atoms with Gasteiger partial charge in [-0.25, -0.2) is 0 Å². The largest absolute Gasteiger partial charge is 0.314 e. The van der Waals surface area contributed by atoms with Crippen molar-refractivity contribution >= 4 is 27.3 Å². The van der Waals surface area contributed by atoms with Gasteiger partial charge < -0.3 is 5.32 Å². The number of rotatable bonds is 5. The van der Waals surface area contributed by atoms with Crippen molar-refractivity contribution in [3.05, 3.63) is 20.8 Å². The van der Waals surface area contributed by atoms with Crippen LogP contribution in [-0.4, -0.2) is 12.6 Å². The monoisotopic (exact) mass is 341 g/mol. The molecular weight excluding hydrogens is 318 g/mol. The molecule has 1 aromatic rings. The van der Waals surface area contributed by atoms with Crippen molar-refractivity contribution in [2.24, 2.45) is 17.8 Å². The van der Waals surface area contributed by atoms with Crippen LogP contribution in [0.4, 0.5) is 0 Å². The van der Waals surface area contributed by atoms with E-state index < -0.39 is 0 Å². The van der Waals surface area contributed by atoms with Crippen LogP contribution in [0.2, 0.25) is 0 Å². The van der Waals surface area contributed by atoms with Crippen molar-refractivity contribution < 1.29 is 0 Å². The second-order valence-electron chi connectivity index (χ2n) is 6.53. The molecule has 0 radical (unpaired) electrons. The minimum absolute atomic E-state index is 0.857. The Kier molecular flexibility index (Phi) is 4.66. The molecule has 0 saturated heterocycles. The van der Waals surface area contributed by atoms with Gasteiger partial charge in [-0.2, -0.15) is 0 Å². The fourth-order valence-corrected chi connectivity index (χ4v) is 4.98. The normalized spacial score (nSPS) is 31.6. The lowest BCUT2D eigenvalue weighted by Gasteiger charge is -2.35. The molecule has 0 amide bonds. The van der Waals surface area contributed by atoms with Gasteiger partial charge in [0.05, 0.1) is 3.79 Å². The van der Waals surface area contributed by atoms with E-state index in [0.29, 0.717) is 0 Å². The van der Waals surface area contributed by atoms with E-state index in [0.717, 1.165) is 23.8 Å². The molecule has 2 aliphatic carbocycles. The fourth-order valence-electron chi connectivity index (χ4n) is 3.41. The zero-order valence-corrected chi connectivity index (χ0v) is 14.1. The summed E-state index contributed by atoms with van der Waals surface area (Å²) in [6.07, 6.45) is 8.39. The van der Waals surface area contributed by atoms with Crippen LogP contribution < -0.4 is 5.32 Å². The molecule has 0 bridgehead atoms. The third-order valence-corrected chi connectivity index (χ3v) is 6.39. The molecular formula is C16H24BrNS. The first-order chi connectivity index (χ1) is 9.20. The minimum atomic E-state index is 0.857. The highest BCUT2D eigenvalue weighted by atomic mass is 79.9. The highest BCUT2D eigenvalue weighted by Crippen LogP contribution is 2.37. The smallest absolute Gasteiger partial charge is 0.0701 e. The molecule has 2 saturated carbocycles. The van der Waals surface area contributed by atoms with Gasteiger partial charge in [-0.3, -0.25) is 0 Å². The molecule has 3 unspecified atom stereocenters. The summed E-state index contributed by atoms with van der Waals surface area (Å²) in [5.41, 5.74) is 0. The maximum Gasteiger partial charge on any atom is 0.0701 e. The van der Waals surface area contributed by atoms with Crippen molar-refractivity contribution in [1.29, 1.82) is 0 Å². The van der Waals surface area contributed by atoms with Gasteiger partial charge in [0.1, 0.15) is 0 Å². The van der Waals surface area contributed by atoms with Crippen molar-refractivity contribution in [1.82, 2.24) is 5.32 Å². The Morgan fingerprint density at radius 2 is 2.05 bits per heavy atom. The number of hydrogen-bond donors (Lipinski definition) is 1. The summed E-state index contributed by atoms with van der Waals surface area (Å²) in [6.45, 7) is 3.69. The van der Waals surface area contributed by atoms with Crippen LogP contribution in [0.5, 0.6) is 0 Å². The van der Waals surface area contributed by atoms with Gasteiger partial charge in [0.15, 0.2) is 0 Å². The lowest BCUT2D eigenvalue weighted by atomic mass is 9.73. The average Bonchev–Trinajstić information content (AvgIpc) is 3.12. The molecule has 3 rings (SSSR count). The molecule has 3 heteroatoms. The predicted octanol–water partition coefficient (Wildman–Crippen LogP) is 4.86. The Morgan fingerprint density at radius 1 is 1.21 bits per heavy atom. The van der Waals surface area contributed by atoms with Gasteiger partial charge in [0, 0.05) is 10.9 Å². The van der Waals surface area contributed by atoms with Crippen molar-refractivity contribution in [3.8, 4) is 0 Å². The molecule has 1 N–H and O–H groups in total. The molecule has 19 heavy (non-hydrogen) atoms. The van der Waals surface area contributed by atoms with E-state index in [4.69, 9.17) is 0 Å². The molecule has 1 nitrogen and oxygen atoms in total.